The number of nitrogens with one attached hydrogen (secondary N) is 2. The maximum atomic E-state index is 14.8. The van der Waals surface area contributed by atoms with Crippen molar-refractivity contribution in [3.05, 3.63) is 59.8 Å². The Labute approximate surface area is 195 Å². The number of aromatic amines is 1. The molecule has 1 aromatic carbocycles. The molecule has 0 saturated carbocycles. The van der Waals surface area contributed by atoms with Gasteiger partial charge in [-0.3, -0.25) is 9.48 Å². The van der Waals surface area contributed by atoms with Crippen LogP contribution < -0.4 is 10.2 Å². The maximum Gasteiger partial charge on any atom is 0.276 e. The third kappa shape index (κ3) is 4.31. The second-order valence-corrected chi connectivity index (χ2v) is 8.38. The van der Waals surface area contributed by atoms with Gasteiger partial charge >= 0.3 is 0 Å². The minimum atomic E-state index is -2.75. The second-order valence-electron chi connectivity index (χ2n) is 8.38. The number of halogens is 5. The number of amides is 1. The third-order valence-electron chi connectivity index (χ3n) is 6.00. The first-order valence-electron chi connectivity index (χ1n) is 10.7. The normalized spacial score (nSPS) is 15.5. The molecule has 0 unspecified atom stereocenters. The van der Waals surface area contributed by atoms with Gasteiger partial charge in [0.25, 0.3) is 11.8 Å². The summed E-state index contributed by atoms with van der Waals surface area (Å²) in [6.45, 7) is -0.00660. The van der Waals surface area contributed by atoms with Crippen LogP contribution >= 0.6 is 0 Å². The van der Waals surface area contributed by atoms with Crippen molar-refractivity contribution >= 4 is 28.3 Å². The van der Waals surface area contributed by atoms with Crippen molar-refractivity contribution in [3.63, 3.8) is 0 Å². The Morgan fingerprint density at radius 1 is 1.06 bits per heavy atom. The SMILES string of the molecule is Cn1nc(C(=O)Nc2c[nH]c3cc(F)c(F)cc23)cc1-c1cnc(N2CCC(F)(F)CC2)c(F)c1. The summed E-state index contributed by atoms with van der Waals surface area (Å²) in [5.41, 5.74) is 1.28. The summed E-state index contributed by atoms with van der Waals surface area (Å²) < 4.78 is 70.0. The van der Waals surface area contributed by atoms with Crippen molar-refractivity contribution in [1.82, 2.24) is 19.7 Å². The van der Waals surface area contributed by atoms with E-state index >= 15 is 0 Å². The summed E-state index contributed by atoms with van der Waals surface area (Å²) in [5.74, 6) is -6.12. The summed E-state index contributed by atoms with van der Waals surface area (Å²) in [5, 5.41) is 7.03. The molecule has 0 spiro atoms. The monoisotopic (exact) mass is 490 g/mol. The Balaban J connectivity index is 1.36. The number of carbonyl (C=O) groups excluding carboxylic acids is 1. The molecular formula is C23H19F5N6O. The number of aryl methyl sites for hydroxylation is 1. The van der Waals surface area contributed by atoms with E-state index in [9.17, 15) is 26.7 Å². The van der Waals surface area contributed by atoms with Crippen LogP contribution in [0.3, 0.4) is 0 Å². The number of alkyl halides is 2. The first-order valence-corrected chi connectivity index (χ1v) is 10.7. The summed E-state index contributed by atoms with van der Waals surface area (Å²) in [7, 11) is 1.56. The molecule has 12 heteroatoms. The van der Waals surface area contributed by atoms with Gasteiger partial charge in [0.05, 0.1) is 16.9 Å². The molecule has 0 atom stereocenters. The van der Waals surface area contributed by atoms with Crippen molar-refractivity contribution in [3.8, 4) is 11.3 Å². The quantitative estimate of drug-likeness (QED) is 0.400. The largest absolute Gasteiger partial charge is 0.359 e. The van der Waals surface area contributed by atoms with Gasteiger partial charge in [0.2, 0.25) is 0 Å². The van der Waals surface area contributed by atoms with Gasteiger partial charge in [0, 0.05) is 62.4 Å². The zero-order valence-corrected chi connectivity index (χ0v) is 18.4. The Kier molecular flexibility index (Phi) is 5.45. The molecule has 3 aromatic heterocycles. The third-order valence-corrected chi connectivity index (χ3v) is 6.00. The highest BCUT2D eigenvalue weighted by molar-refractivity contribution is 6.08. The Morgan fingerprint density at radius 2 is 1.77 bits per heavy atom. The van der Waals surface area contributed by atoms with E-state index in [2.05, 4.69) is 20.4 Å². The number of benzene rings is 1. The summed E-state index contributed by atoms with van der Waals surface area (Å²) in [6, 6.07) is 4.60. The number of hydrogen-bond acceptors (Lipinski definition) is 4. The lowest BCUT2D eigenvalue weighted by Gasteiger charge is -2.32. The van der Waals surface area contributed by atoms with Crippen LogP contribution in [-0.4, -0.2) is 44.7 Å². The van der Waals surface area contributed by atoms with Crippen molar-refractivity contribution in [2.24, 2.45) is 7.05 Å². The number of H-pyrrole nitrogens is 1. The Morgan fingerprint density at radius 3 is 2.49 bits per heavy atom. The first-order chi connectivity index (χ1) is 16.6. The number of aromatic nitrogens is 4. The zero-order chi connectivity index (χ0) is 24.9. The maximum absolute atomic E-state index is 14.8. The van der Waals surface area contributed by atoms with Crippen molar-refractivity contribution in [2.45, 2.75) is 18.8 Å². The first kappa shape index (κ1) is 22.8. The smallest absolute Gasteiger partial charge is 0.276 e. The molecule has 1 saturated heterocycles. The molecule has 5 rings (SSSR count). The molecular weight excluding hydrogens is 471 g/mol. The van der Waals surface area contributed by atoms with Gasteiger partial charge in [0.15, 0.2) is 29.0 Å². The Hall–Kier alpha value is -3.96. The minimum Gasteiger partial charge on any atom is -0.359 e. The van der Waals surface area contributed by atoms with Crippen LogP contribution in [0.5, 0.6) is 0 Å². The minimum absolute atomic E-state index is 0.00202. The van der Waals surface area contributed by atoms with Crippen LogP contribution in [0, 0.1) is 17.5 Å². The molecule has 0 bridgehead atoms. The number of carbonyl (C=O) groups is 1. The van der Waals surface area contributed by atoms with Gasteiger partial charge in [-0.05, 0) is 18.2 Å². The number of pyridine rings is 1. The van der Waals surface area contributed by atoms with Gasteiger partial charge in [-0.1, -0.05) is 0 Å². The molecule has 7 nitrogen and oxygen atoms in total. The summed E-state index contributed by atoms with van der Waals surface area (Å²) in [6.07, 6.45) is 2.06. The number of piperidine rings is 1. The fourth-order valence-corrected chi connectivity index (χ4v) is 4.10. The van der Waals surface area contributed by atoms with E-state index in [1.807, 2.05) is 0 Å². The lowest BCUT2D eigenvalue weighted by atomic mass is 10.1. The number of fused-ring (bicyclic) bond motifs is 1. The summed E-state index contributed by atoms with van der Waals surface area (Å²) >= 11 is 0. The van der Waals surface area contributed by atoms with Crippen molar-refractivity contribution in [2.75, 3.05) is 23.3 Å². The predicted octanol–water partition coefficient (Wildman–Crippen LogP) is 4.87. The van der Waals surface area contributed by atoms with Gasteiger partial charge in [0.1, 0.15) is 0 Å². The molecule has 1 amide bonds. The van der Waals surface area contributed by atoms with Crippen LogP contribution in [0.1, 0.15) is 23.3 Å². The molecule has 1 aliphatic heterocycles. The number of nitrogens with zero attached hydrogens (tertiary/aromatic N) is 4. The Bertz CT molecular complexity index is 1440. The van der Waals surface area contributed by atoms with E-state index in [-0.39, 0.29) is 48.5 Å². The molecule has 1 fully saturated rings. The number of anilines is 2. The lowest BCUT2D eigenvalue weighted by molar-refractivity contribution is -0.0222. The molecule has 182 valence electrons. The van der Waals surface area contributed by atoms with E-state index in [4.69, 9.17) is 0 Å². The van der Waals surface area contributed by atoms with Gasteiger partial charge in [-0.2, -0.15) is 5.10 Å². The highest BCUT2D eigenvalue weighted by atomic mass is 19.3. The van der Waals surface area contributed by atoms with Crippen LogP contribution in [0.25, 0.3) is 22.2 Å². The van der Waals surface area contributed by atoms with Crippen molar-refractivity contribution < 1.29 is 26.7 Å². The topological polar surface area (TPSA) is 78.8 Å². The van der Waals surface area contributed by atoms with Gasteiger partial charge in [-0.25, -0.2) is 26.9 Å². The van der Waals surface area contributed by atoms with Gasteiger partial charge in [-0.15, -0.1) is 0 Å². The van der Waals surface area contributed by atoms with Crippen LogP contribution in [0.4, 0.5) is 33.5 Å². The van der Waals surface area contributed by atoms with E-state index in [0.29, 0.717) is 16.8 Å². The highest BCUT2D eigenvalue weighted by Gasteiger charge is 2.35. The zero-order valence-electron chi connectivity index (χ0n) is 18.4. The predicted molar refractivity (Wildman–Crippen MR) is 119 cm³/mol. The average Bonchev–Trinajstić information content (AvgIpc) is 3.38. The van der Waals surface area contributed by atoms with Gasteiger partial charge < -0.3 is 15.2 Å². The number of rotatable bonds is 4. The highest BCUT2D eigenvalue weighted by Crippen LogP contribution is 2.32. The van der Waals surface area contributed by atoms with Crippen LogP contribution in [0.2, 0.25) is 0 Å². The fraction of sp³-hybridized carbons (Fsp3) is 0.261. The molecule has 0 aliphatic carbocycles. The van der Waals surface area contributed by atoms with E-state index in [1.165, 1.54) is 34.1 Å². The molecule has 4 aromatic rings. The molecule has 4 heterocycles. The molecule has 2 N–H and O–H groups in total. The molecule has 1 aliphatic rings. The van der Waals surface area contributed by atoms with E-state index < -0.39 is 29.3 Å². The van der Waals surface area contributed by atoms with Crippen molar-refractivity contribution in [1.29, 1.82) is 0 Å². The lowest BCUT2D eigenvalue weighted by Crippen LogP contribution is -2.40. The fourth-order valence-electron chi connectivity index (χ4n) is 4.10. The second kappa shape index (κ2) is 8.36. The standard InChI is InChI=1S/C23H19F5N6O/c1-33-20(12-6-16(26)21(30-10-12)34-4-2-23(27,28)3-5-34)9-18(32-33)22(35)31-19-11-29-17-8-15(25)14(24)7-13(17)19/h6-11,29H,2-5H2,1H3,(H,31,35). The molecule has 0 radical (unpaired) electrons. The number of hydrogen-bond donors (Lipinski definition) is 2. The van der Waals surface area contributed by atoms with E-state index in [0.717, 1.165) is 12.1 Å². The van der Waals surface area contributed by atoms with Crippen LogP contribution in [0.15, 0.2) is 36.7 Å². The van der Waals surface area contributed by atoms with E-state index in [1.54, 1.807) is 7.05 Å². The summed E-state index contributed by atoms with van der Waals surface area (Å²) in [4.78, 5) is 21.1. The average molecular weight is 490 g/mol. The van der Waals surface area contributed by atoms with Crippen LogP contribution in [-0.2, 0) is 7.05 Å². The molecule has 35 heavy (non-hydrogen) atoms.